The van der Waals surface area contributed by atoms with Gasteiger partial charge >= 0.3 is 0 Å². The molecule has 1 atom stereocenters. The van der Waals surface area contributed by atoms with Gasteiger partial charge in [0.25, 0.3) is 5.91 Å². The average Bonchev–Trinajstić information content (AvgIpc) is 2.91. The fraction of sp³-hybridized carbons (Fsp3) is 0.400. The number of carbonyl (C=O) groups is 1. The number of benzene rings is 1. The van der Waals surface area contributed by atoms with Crippen LogP contribution >= 0.6 is 0 Å². The van der Waals surface area contributed by atoms with E-state index in [-0.39, 0.29) is 11.3 Å². The Morgan fingerprint density at radius 3 is 2.29 bits per heavy atom. The average molecular weight is 288 g/mol. The Kier molecular flexibility index (Phi) is 4.26. The molecule has 6 nitrogen and oxygen atoms in total. The van der Waals surface area contributed by atoms with E-state index < -0.39 is 6.10 Å². The van der Waals surface area contributed by atoms with Crippen molar-refractivity contribution in [3.05, 3.63) is 42.5 Å². The summed E-state index contributed by atoms with van der Waals surface area (Å²) in [5.41, 5.74) is 3.92. The zero-order valence-electron chi connectivity index (χ0n) is 12.7. The molecule has 0 bridgehead atoms. The molecule has 1 heterocycles. The lowest BCUT2D eigenvalue weighted by atomic mass is 9.87. The number of carbonyl (C=O) groups excluding carboxylic acids is 1. The van der Waals surface area contributed by atoms with Crippen molar-refractivity contribution in [2.24, 2.45) is 0 Å². The van der Waals surface area contributed by atoms with Crippen LogP contribution in [0, 0.1) is 0 Å². The molecule has 0 spiro atoms. The van der Waals surface area contributed by atoms with Gasteiger partial charge in [-0.1, -0.05) is 32.9 Å². The van der Waals surface area contributed by atoms with Crippen LogP contribution in [0.5, 0.6) is 5.75 Å². The summed E-state index contributed by atoms with van der Waals surface area (Å²) in [5, 5.41) is 7.22. The Hall–Kier alpha value is -2.37. The minimum Gasteiger partial charge on any atom is -0.481 e. The second-order valence-corrected chi connectivity index (χ2v) is 5.88. The van der Waals surface area contributed by atoms with E-state index in [0.29, 0.717) is 5.75 Å². The first kappa shape index (κ1) is 15.0. The zero-order chi connectivity index (χ0) is 15.5. The summed E-state index contributed by atoms with van der Waals surface area (Å²) in [6, 6.07) is 7.78. The van der Waals surface area contributed by atoms with Crippen LogP contribution in [0.25, 0.3) is 0 Å². The predicted molar refractivity (Wildman–Crippen MR) is 79.6 cm³/mol. The maximum atomic E-state index is 11.9. The minimum atomic E-state index is -0.618. The normalized spacial score (nSPS) is 12.8. The molecule has 0 aliphatic carbocycles. The Balaban J connectivity index is 1.96. The third-order valence-electron chi connectivity index (χ3n) is 3.06. The van der Waals surface area contributed by atoms with E-state index in [1.54, 1.807) is 6.92 Å². The first-order valence-electron chi connectivity index (χ1n) is 6.79. The molecule has 21 heavy (non-hydrogen) atoms. The highest BCUT2D eigenvalue weighted by atomic mass is 16.5. The standard InChI is InChI=1S/C15H20N4O2/c1-11(14(20)18-19-9-16-17-10-19)21-13-7-5-12(6-8-13)15(2,3)4/h5-11H,1-4H3,(H,18,20)/t11-/m0/s1. The highest BCUT2D eigenvalue weighted by Crippen LogP contribution is 2.24. The monoisotopic (exact) mass is 288 g/mol. The number of nitrogens with zero attached hydrogens (tertiary/aromatic N) is 3. The van der Waals surface area contributed by atoms with Crippen molar-refractivity contribution in [2.75, 3.05) is 5.43 Å². The molecule has 1 N–H and O–H groups in total. The van der Waals surface area contributed by atoms with Crippen LogP contribution in [0.4, 0.5) is 0 Å². The summed E-state index contributed by atoms with van der Waals surface area (Å²) in [5.74, 6) is 0.393. The van der Waals surface area contributed by atoms with Gasteiger partial charge in [0.1, 0.15) is 18.4 Å². The molecule has 0 radical (unpaired) electrons. The first-order chi connectivity index (χ1) is 9.86. The van der Waals surface area contributed by atoms with Crippen LogP contribution in [0.1, 0.15) is 33.3 Å². The second-order valence-electron chi connectivity index (χ2n) is 5.88. The molecule has 0 unspecified atom stereocenters. The van der Waals surface area contributed by atoms with Crippen molar-refractivity contribution in [3.8, 4) is 5.75 Å². The number of ether oxygens (including phenoxy) is 1. The quantitative estimate of drug-likeness (QED) is 0.935. The van der Waals surface area contributed by atoms with E-state index in [0.717, 1.165) is 0 Å². The Labute approximate surface area is 124 Å². The third kappa shape index (κ3) is 4.05. The predicted octanol–water partition coefficient (Wildman–Crippen LogP) is 2.11. The summed E-state index contributed by atoms with van der Waals surface area (Å²) in [6.45, 7) is 8.14. The summed E-state index contributed by atoms with van der Waals surface area (Å²) in [6.07, 6.45) is 2.19. The number of rotatable bonds is 4. The number of hydrogen-bond acceptors (Lipinski definition) is 4. The van der Waals surface area contributed by atoms with Gasteiger partial charge in [-0.15, -0.1) is 10.2 Å². The van der Waals surface area contributed by atoms with Gasteiger partial charge in [-0.25, -0.2) is 4.68 Å². The molecule has 0 aliphatic rings. The minimum absolute atomic E-state index is 0.0932. The first-order valence-corrected chi connectivity index (χ1v) is 6.79. The van der Waals surface area contributed by atoms with Crippen molar-refractivity contribution in [2.45, 2.75) is 39.2 Å². The van der Waals surface area contributed by atoms with Crippen LogP contribution in [0.2, 0.25) is 0 Å². The molecule has 0 saturated carbocycles. The molecular weight excluding hydrogens is 268 g/mol. The van der Waals surface area contributed by atoms with Crippen molar-refractivity contribution < 1.29 is 9.53 Å². The topological polar surface area (TPSA) is 69.0 Å². The Morgan fingerprint density at radius 2 is 1.76 bits per heavy atom. The summed E-state index contributed by atoms with van der Waals surface area (Å²) >= 11 is 0. The van der Waals surface area contributed by atoms with Gasteiger partial charge in [-0.2, -0.15) is 0 Å². The fourth-order valence-electron chi connectivity index (χ4n) is 1.77. The summed E-state index contributed by atoms with van der Waals surface area (Å²) < 4.78 is 7.01. The number of hydrogen-bond donors (Lipinski definition) is 1. The van der Waals surface area contributed by atoms with Gasteiger partial charge in [0.05, 0.1) is 0 Å². The lowest BCUT2D eigenvalue weighted by molar-refractivity contribution is -0.123. The molecule has 2 rings (SSSR count). The van der Waals surface area contributed by atoms with Crippen LogP contribution in [0.3, 0.4) is 0 Å². The maximum Gasteiger partial charge on any atom is 0.279 e. The van der Waals surface area contributed by atoms with Crippen molar-refractivity contribution >= 4 is 5.91 Å². The molecule has 1 aromatic carbocycles. The summed E-state index contributed by atoms with van der Waals surface area (Å²) in [7, 11) is 0. The van der Waals surface area contributed by atoms with E-state index >= 15 is 0 Å². The number of amides is 1. The van der Waals surface area contributed by atoms with Crippen LogP contribution in [-0.4, -0.2) is 26.9 Å². The molecule has 112 valence electrons. The van der Waals surface area contributed by atoms with Gasteiger partial charge < -0.3 is 4.74 Å². The second kappa shape index (κ2) is 5.95. The van der Waals surface area contributed by atoms with Gasteiger partial charge in [-0.05, 0) is 30.0 Å². The molecular formula is C15H20N4O2. The Bertz CT molecular complexity index is 585. The van der Waals surface area contributed by atoms with Crippen LogP contribution < -0.4 is 10.2 Å². The van der Waals surface area contributed by atoms with Gasteiger partial charge in [-0.3, -0.25) is 10.2 Å². The van der Waals surface area contributed by atoms with Gasteiger partial charge in [0, 0.05) is 0 Å². The molecule has 1 amide bonds. The van der Waals surface area contributed by atoms with Crippen LogP contribution in [0.15, 0.2) is 36.9 Å². The molecule has 0 saturated heterocycles. The van der Waals surface area contributed by atoms with Crippen LogP contribution in [-0.2, 0) is 10.2 Å². The fourth-order valence-corrected chi connectivity index (χ4v) is 1.77. The molecule has 1 aromatic heterocycles. The van der Waals surface area contributed by atoms with E-state index in [1.807, 2.05) is 24.3 Å². The third-order valence-corrected chi connectivity index (χ3v) is 3.06. The van der Waals surface area contributed by atoms with Crippen molar-refractivity contribution in [1.29, 1.82) is 0 Å². The maximum absolute atomic E-state index is 11.9. The van der Waals surface area contributed by atoms with Crippen molar-refractivity contribution in [1.82, 2.24) is 14.9 Å². The van der Waals surface area contributed by atoms with E-state index in [4.69, 9.17) is 4.74 Å². The molecule has 0 fully saturated rings. The van der Waals surface area contributed by atoms with E-state index in [2.05, 4.69) is 36.4 Å². The smallest absolute Gasteiger partial charge is 0.279 e. The summed E-state index contributed by atoms with van der Waals surface area (Å²) in [4.78, 5) is 11.9. The highest BCUT2D eigenvalue weighted by molar-refractivity contribution is 5.87. The molecule has 2 aromatic rings. The number of nitrogens with one attached hydrogen (secondary N) is 1. The van der Waals surface area contributed by atoms with E-state index in [1.165, 1.54) is 22.9 Å². The lowest BCUT2D eigenvalue weighted by Gasteiger charge is -2.20. The molecule has 6 heteroatoms. The van der Waals surface area contributed by atoms with Gasteiger partial charge in [0.15, 0.2) is 6.10 Å². The Morgan fingerprint density at radius 1 is 1.19 bits per heavy atom. The SMILES string of the molecule is C[C@H](Oc1ccc(C(C)(C)C)cc1)C(=O)Nn1cnnc1. The lowest BCUT2D eigenvalue weighted by Crippen LogP contribution is -2.34. The highest BCUT2D eigenvalue weighted by Gasteiger charge is 2.16. The largest absolute Gasteiger partial charge is 0.481 e. The number of aromatic nitrogens is 3. The zero-order valence-corrected chi connectivity index (χ0v) is 12.7. The van der Waals surface area contributed by atoms with E-state index in [9.17, 15) is 4.79 Å². The van der Waals surface area contributed by atoms with Gasteiger partial charge in [0.2, 0.25) is 0 Å². The molecule has 0 aliphatic heterocycles. The van der Waals surface area contributed by atoms with Crippen molar-refractivity contribution in [3.63, 3.8) is 0 Å².